The Bertz CT molecular complexity index is 873. The van der Waals surface area contributed by atoms with Gasteiger partial charge < -0.3 is 4.74 Å². The molecule has 112 valence electrons. The van der Waals surface area contributed by atoms with E-state index in [9.17, 15) is 0 Å². The highest BCUT2D eigenvalue weighted by atomic mass is 79.9. The van der Waals surface area contributed by atoms with Crippen LogP contribution in [0, 0.1) is 6.92 Å². The fourth-order valence-corrected chi connectivity index (χ4v) is 2.86. The summed E-state index contributed by atoms with van der Waals surface area (Å²) in [6.45, 7) is 1.87. The van der Waals surface area contributed by atoms with E-state index < -0.39 is 0 Å². The van der Waals surface area contributed by atoms with E-state index in [1.807, 2.05) is 6.92 Å². The van der Waals surface area contributed by atoms with Crippen molar-refractivity contribution in [1.82, 2.24) is 30.1 Å². The minimum Gasteiger partial charge on any atom is -0.480 e. The molecule has 0 amide bonds. The molecule has 1 N–H and O–H groups in total. The number of aryl methyl sites for hydroxylation is 1. The minimum atomic E-state index is 0.442. The summed E-state index contributed by atoms with van der Waals surface area (Å²) in [5.74, 6) is 2.23. The molecule has 0 atom stereocenters. The van der Waals surface area contributed by atoms with E-state index >= 15 is 0 Å². The van der Waals surface area contributed by atoms with Crippen molar-refractivity contribution in [2.24, 2.45) is 0 Å². The van der Waals surface area contributed by atoms with Gasteiger partial charge in [-0.2, -0.15) is 10.1 Å². The summed E-state index contributed by atoms with van der Waals surface area (Å²) in [4.78, 5) is 18.0. The van der Waals surface area contributed by atoms with E-state index in [-0.39, 0.29) is 0 Å². The first-order valence-corrected chi connectivity index (χ1v) is 7.76. The molecule has 0 aromatic carbocycles. The van der Waals surface area contributed by atoms with Crippen LogP contribution in [0.2, 0.25) is 0 Å². The molecular weight excluding hydrogens is 348 g/mol. The number of H-pyrrole nitrogens is 1. The SMILES string of the molecule is COc1nc(C)nc(C2CC2)c1-c1ncc2n[nH]c(Br)c2n1. The summed E-state index contributed by atoms with van der Waals surface area (Å²) < 4.78 is 6.18. The molecule has 22 heavy (non-hydrogen) atoms. The summed E-state index contributed by atoms with van der Waals surface area (Å²) in [6, 6.07) is 0. The smallest absolute Gasteiger partial charge is 0.228 e. The van der Waals surface area contributed by atoms with E-state index in [0.717, 1.165) is 34.2 Å². The van der Waals surface area contributed by atoms with Gasteiger partial charge in [0, 0.05) is 5.92 Å². The second-order valence-electron chi connectivity index (χ2n) is 5.28. The Kier molecular flexibility index (Phi) is 3.07. The monoisotopic (exact) mass is 360 g/mol. The maximum Gasteiger partial charge on any atom is 0.228 e. The molecule has 4 rings (SSSR count). The van der Waals surface area contributed by atoms with Crippen molar-refractivity contribution in [2.75, 3.05) is 7.11 Å². The number of hydrogen-bond acceptors (Lipinski definition) is 6. The van der Waals surface area contributed by atoms with Gasteiger partial charge in [-0.1, -0.05) is 0 Å². The van der Waals surface area contributed by atoms with Crippen LogP contribution in [-0.4, -0.2) is 37.2 Å². The Balaban J connectivity index is 1.97. The number of nitrogens with zero attached hydrogens (tertiary/aromatic N) is 5. The van der Waals surface area contributed by atoms with Gasteiger partial charge in [-0.15, -0.1) is 0 Å². The highest BCUT2D eigenvalue weighted by Crippen LogP contribution is 2.45. The number of rotatable bonds is 3. The summed E-state index contributed by atoms with van der Waals surface area (Å²) in [7, 11) is 1.61. The number of fused-ring (bicyclic) bond motifs is 1. The van der Waals surface area contributed by atoms with Crippen LogP contribution in [0.15, 0.2) is 10.8 Å². The first-order valence-electron chi connectivity index (χ1n) is 6.97. The van der Waals surface area contributed by atoms with E-state index in [0.29, 0.717) is 29.0 Å². The lowest BCUT2D eigenvalue weighted by Crippen LogP contribution is -2.04. The van der Waals surface area contributed by atoms with Gasteiger partial charge in [0.15, 0.2) is 5.82 Å². The van der Waals surface area contributed by atoms with Crippen LogP contribution in [-0.2, 0) is 0 Å². The molecular formula is C14H13BrN6O. The third-order valence-corrected chi connectivity index (χ3v) is 4.20. The van der Waals surface area contributed by atoms with Crippen molar-refractivity contribution in [3.63, 3.8) is 0 Å². The Morgan fingerprint density at radius 3 is 2.82 bits per heavy atom. The zero-order chi connectivity index (χ0) is 15.3. The Morgan fingerprint density at radius 2 is 2.09 bits per heavy atom. The Hall–Kier alpha value is -2.09. The lowest BCUT2D eigenvalue weighted by Gasteiger charge is -2.11. The van der Waals surface area contributed by atoms with Crippen molar-refractivity contribution in [3.8, 4) is 17.3 Å². The number of hydrogen-bond donors (Lipinski definition) is 1. The lowest BCUT2D eigenvalue weighted by atomic mass is 10.1. The lowest BCUT2D eigenvalue weighted by molar-refractivity contribution is 0.396. The molecule has 3 heterocycles. The average molecular weight is 361 g/mol. The van der Waals surface area contributed by atoms with Crippen LogP contribution in [0.4, 0.5) is 0 Å². The Morgan fingerprint density at radius 1 is 1.27 bits per heavy atom. The fourth-order valence-electron chi connectivity index (χ4n) is 2.48. The maximum absolute atomic E-state index is 5.46. The summed E-state index contributed by atoms with van der Waals surface area (Å²) in [6.07, 6.45) is 3.95. The summed E-state index contributed by atoms with van der Waals surface area (Å²) in [5, 5.41) is 6.96. The standard InChI is InChI=1S/C14H13BrN6O/c1-6-17-10(7-3-4-7)9(14(18-6)22-2)13-16-5-8-11(19-13)12(15)21-20-8/h5,7H,3-4H2,1-2H3,(H,20,21). The summed E-state index contributed by atoms with van der Waals surface area (Å²) in [5.41, 5.74) is 3.19. The molecule has 0 aliphatic heterocycles. The molecule has 3 aromatic heterocycles. The highest BCUT2D eigenvalue weighted by Gasteiger charge is 2.32. The maximum atomic E-state index is 5.46. The number of halogens is 1. The predicted molar refractivity (Wildman–Crippen MR) is 83.7 cm³/mol. The number of aromatic nitrogens is 6. The second kappa shape index (κ2) is 4.98. The normalized spacial score (nSPS) is 14.5. The van der Waals surface area contributed by atoms with Gasteiger partial charge in [0.25, 0.3) is 0 Å². The predicted octanol–water partition coefficient (Wildman–Crippen LogP) is 2.77. The van der Waals surface area contributed by atoms with Crippen molar-refractivity contribution in [2.45, 2.75) is 25.7 Å². The minimum absolute atomic E-state index is 0.442. The van der Waals surface area contributed by atoms with Crippen molar-refractivity contribution < 1.29 is 4.74 Å². The molecule has 1 aliphatic carbocycles. The molecule has 8 heteroatoms. The zero-order valence-electron chi connectivity index (χ0n) is 12.1. The number of methoxy groups -OCH3 is 1. The van der Waals surface area contributed by atoms with Crippen molar-refractivity contribution in [3.05, 3.63) is 22.3 Å². The van der Waals surface area contributed by atoms with Crippen LogP contribution in [0.5, 0.6) is 5.88 Å². The molecule has 0 spiro atoms. The zero-order valence-corrected chi connectivity index (χ0v) is 13.7. The molecule has 0 saturated heterocycles. The average Bonchev–Trinajstić information content (AvgIpc) is 3.31. The number of aromatic amines is 1. The quantitative estimate of drug-likeness (QED) is 0.772. The number of ether oxygens (including phenoxy) is 1. The van der Waals surface area contributed by atoms with Gasteiger partial charge in [0.05, 0.1) is 19.0 Å². The topological polar surface area (TPSA) is 89.5 Å². The van der Waals surface area contributed by atoms with E-state index in [1.165, 1.54) is 0 Å². The van der Waals surface area contributed by atoms with E-state index in [2.05, 4.69) is 46.1 Å². The van der Waals surface area contributed by atoms with Gasteiger partial charge in [-0.25, -0.2) is 15.0 Å². The third-order valence-electron chi connectivity index (χ3n) is 3.65. The molecule has 0 radical (unpaired) electrons. The highest BCUT2D eigenvalue weighted by molar-refractivity contribution is 9.10. The van der Waals surface area contributed by atoms with Gasteiger partial charge in [-0.3, -0.25) is 5.10 Å². The van der Waals surface area contributed by atoms with Crippen LogP contribution >= 0.6 is 15.9 Å². The molecule has 1 fully saturated rings. The molecule has 7 nitrogen and oxygen atoms in total. The van der Waals surface area contributed by atoms with Gasteiger partial charge in [-0.05, 0) is 35.7 Å². The molecule has 1 saturated carbocycles. The largest absolute Gasteiger partial charge is 0.480 e. The van der Waals surface area contributed by atoms with Crippen LogP contribution < -0.4 is 4.74 Å². The van der Waals surface area contributed by atoms with Crippen LogP contribution in [0.25, 0.3) is 22.4 Å². The third kappa shape index (κ3) is 2.14. The van der Waals surface area contributed by atoms with Gasteiger partial charge in [0.1, 0.15) is 27.0 Å². The molecule has 3 aromatic rings. The van der Waals surface area contributed by atoms with Crippen molar-refractivity contribution >= 4 is 27.0 Å². The first-order chi connectivity index (χ1) is 10.7. The Labute approximate surface area is 134 Å². The second-order valence-corrected chi connectivity index (χ2v) is 6.07. The van der Waals surface area contributed by atoms with E-state index in [1.54, 1.807) is 13.3 Å². The van der Waals surface area contributed by atoms with Crippen LogP contribution in [0.3, 0.4) is 0 Å². The molecule has 0 unspecified atom stereocenters. The molecule has 1 aliphatic rings. The van der Waals surface area contributed by atoms with E-state index in [4.69, 9.17) is 4.74 Å². The summed E-state index contributed by atoms with van der Waals surface area (Å²) >= 11 is 3.41. The molecule has 0 bridgehead atoms. The number of nitrogens with one attached hydrogen (secondary N) is 1. The first kappa shape index (κ1) is 13.6. The fraction of sp³-hybridized carbons (Fsp3) is 0.357. The van der Waals surface area contributed by atoms with Gasteiger partial charge >= 0.3 is 0 Å². The van der Waals surface area contributed by atoms with Crippen molar-refractivity contribution in [1.29, 1.82) is 0 Å². The van der Waals surface area contributed by atoms with Crippen LogP contribution in [0.1, 0.15) is 30.3 Å². The van der Waals surface area contributed by atoms with Gasteiger partial charge in [0.2, 0.25) is 5.88 Å².